The van der Waals surface area contributed by atoms with E-state index in [1.807, 2.05) is 32.0 Å². The number of nitrogens with one attached hydrogen (secondary N) is 1. The summed E-state index contributed by atoms with van der Waals surface area (Å²) in [6.07, 6.45) is 0.739. The molecular formula is C17H17ClN2O2S. The highest BCUT2D eigenvalue weighted by Gasteiger charge is 2.35. The Kier molecular flexibility index (Phi) is 4.17. The van der Waals surface area contributed by atoms with E-state index in [4.69, 9.17) is 11.6 Å². The van der Waals surface area contributed by atoms with Gasteiger partial charge >= 0.3 is 0 Å². The molecule has 2 heterocycles. The zero-order chi connectivity index (χ0) is 16.7. The van der Waals surface area contributed by atoms with Gasteiger partial charge in [-0.05, 0) is 32.4 Å². The van der Waals surface area contributed by atoms with Gasteiger partial charge in [0.1, 0.15) is 5.38 Å². The molecule has 1 aromatic heterocycles. The third kappa shape index (κ3) is 2.54. The molecule has 3 rings (SSSR count). The van der Waals surface area contributed by atoms with Crippen molar-refractivity contribution in [3.05, 3.63) is 39.6 Å². The average Bonchev–Trinajstić information content (AvgIpc) is 2.78. The number of halogens is 1. The van der Waals surface area contributed by atoms with Crippen LogP contribution in [0.25, 0.3) is 0 Å². The zero-order valence-corrected chi connectivity index (χ0v) is 14.7. The molecule has 1 atom stereocenters. The number of benzene rings is 1. The van der Waals surface area contributed by atoms with Crippen LogP contribution < -0.4 is 10.2 Å². The smallest absolute Gasteiger partial charge is 0.259 e. The van der Waals surface area contributed by atoms with E-state index < -0.39 is 5.38 Å². The number of para-hydroxylation sites is 2. The summed E-state index contributed by atoms with van der Waals surface area (Å²) >= 11 is 7.64. The maximum atomic E-state index is 12.8. The Bertz CT molecular complexity index is 798. The van der Waals surface area contributed by atoms with Gasteiger partial charge in [-0.1, -0.05) is 19.1 Å². The van der Waals surface area contributed by atoms with Crippen LogP contribution in [0.3, 0.4) is 0 Å². The van der Waals surface area contributed by atoms with Crippen LogP contribution in [-0.4, -0.2) is 17.2 Å². The number of hydrogen-bond donors (Lipinski definition) is 1. The second kappa shape index (κ2) is 5.98. The Morgan fingerprint density at radius 3 is 2.74 bits per heavy atom. The second-order valence-electron chi connectivity index (χ2n) is 5.42. The van der Waals surface area contributed by atoms with E-state index in [9.17, 15) is 9.59 Å². The van der Waals surface area contributed by atoms with Gasteiger partial charge in [0.05, 0.1) is 22.6 Å². The predicted molar refractivity (Wildman–Crippen MR) is 95.3 cm³/mol. The van der Waals surface area contributed by atoms with Crippen LogP contribution in [0, 0.1) is 6.92 Å². The van der Waals surface area contributed by atoms with Crippen LogP contribution in [0.15, 0.2) is 24.3 Å². The SMILES string of the molecule is CCc1sc(C)c2c1C(=O)Nc1ccccc1N2C(=O)C(C)Cl. The van der Waals surface area contributed by atoms with Gasteiger partial charge in [0.15, 0.2) is 0 Å². The molecule has 4 nitrogen and oxygen atoms in total. The van der Waals surface area contributed by atoms with Crippen molar-refractivity contribution in [2.24, 2.45) is 0 Å². The zero-order valence-electron chi connectivity index (χ0n) is 13.1. The summed E-state index contributed by atoms with van der Waals surface area (Å²) in [5.41, 5.74) is 2.51. The second-order valence-corrected chi connectivity index (χ2v) is 7.38. The lowest BCUT2D eigenvalue weighted by Gasteiger charge is -2.24. The van der Waals surface area contributed by atoms with E-state index in [0.29, 0.717) is 22.6 Å². The minimum Gasteiger partial charge on any atom is -0.320 e. The van der Waals surface area contributed by atoms with Crippen molar-refractivity contribution in [3.63, 3.8) is 0 Å². The number of carbonyl (C=O) groups excluding carboxylic acids is 2. The monoisotopic (exact) mass is 348 g/mol. The minimum atomic E-state index is -0.687. The molecule has 0 saturated heterocycles. The molecule has 1 N–H and O–H groups in total. The number of amides is 2. The highest BCUT2D eigenvalue weighted by atomic mass is 35.5. The number of aryl methyl sites for hydroxylation is 2. The van der Waals surface area contributed by atoms with Gasteiger partial charge in [0, 0.05) is 9.75 Å². The molecular weight excluding hydrogens is 332 g/mol. The summed E-state index contributed by atoms with van der Waals surface area (Å²) in [4.78, 5) is 29.0. The lowest BCUT2D eigenvalue weighted by Crippen LogP contribution is -2.32. The summed E-state index contributed by atoms with van der Waals surface area (Å²) in [6.45, 7) is 5.59. The van der Waals surface area contributed by atoms with Gasteiger partial charge < -0.3 is 5.32 Å². The van der Waals surface area contributed by atoms with Crippen LogP contribution in [0.5, 0.6) is 0 Å². The molecule has 0 spiro atoms. The Labute approximate surface area is 144 Å². The lowest BCUT2D eigenvalue weighted by molar-refractivity contribution is -0.117. The third-order valence-electron chi connectivity index (χ3n) is 3.85. The normalized spacial score (nSPS) is 14.6. The van der Waals surface area contributed by atoms with Gasteiger partial charge in [-0.3, -0.25) is 14.5 Å². The fourth-order valence-electron chi connectivity index (χ4n) is 2.83. The van der Waals surface area contributed by atoms with Crippen molar-refractivity contribution in [1.29, 1.82) is 0 Å². The Hall–Kier alpha value is -1.85. The van der Waals surface area contributed by atoms with Crippen LogP contribution in [-0.2, 0) is 11.2 Å². The van der Waals surface area contributed by atoms with Crippen LogP contribution in [0.4, 0.5) is 17.1 Å². The number of alkyl halides is 1. The number of nitrogens with zero attached hydrogens (tertiary/aromatic N) is 1. The number of hydrogen-bond acceptors (Lipinski definition) is 3. The van der Waals surface area contributed by atoms with Crippen LogP contribution >= 0.6 is 22.9 Å². The molecule has 2 amide bonds. The maximum absolute atomic E-state index is 12.8. The molecule has 0 saturated carbocycles. The average molecular weight is 349 g/mol. The summed E-state index contributed by atoms with van der Waals surface area (Å²) < 4.78 is 0. The highest BCUT2D eigenvalue weighted by molar-refractivity contribution is 7.13. The Morgan fingerprint density at radius 2 is 2.09 bits per heavy atom. The van der Waals surface area contributed by atoms with E-state index in [1.54, 1.807) is 29.2 Å². The largest absolute Gasteiger partial charge is 0.320 e. The first-order chi connectivity index (χ1) is 11.0. The molecule has 1 aliphatic heterocycles. The standard InChI is InChI=1S/C17H17ClN2O2S/c1-4-13-14-15(10(3)23-13)20(17(22)9(2)18)12-8-6-5-7-11(12)19-16(14)21/h5-9H,4H2,1-3H3,(H,19,21). The number of fused-ring (bicyclic) bond motifs is 2. The van der Waals surface area contributed by atoms with Crippen molar-refractivity contribution in [1.82, 2.24) is 0 Å². The van der Waals surface area contributed by atoms with Gasteiger partial charge in [0.2, 0.25) is 5.91 Å². The predicted octanol–water partition coefficient (Wildman–Crippen LogP) is 4.48. The topological polar surface area (TPSA) is 49.4 Å². The molecule has 0 bridgehead atoms. The van der Waals surface area contributed by atoms with Crippen molar-refractivity contribution >= 4 is 51.8 Å². The first kappa shape index (κ1) is 16.0. The van der Waals surface area contributed by atoms with Gasteiger partial charge in [0.25, 0.3) is 5.91 Å². The quantitative estimate of drug-likeness (QED) is 0.813. The molecule has 120 valence electrons. The lowest BCUT2D eigenvalue weighted by atomic mass is 10.1. The third-order valence-corrected chi connectivity index (χ3v) is 5.28. The molecule has 23 heavy (non-hydrogen) atoms. The van der Waals surface area contributed by atoms with E-state index >= 15 is 0 Å². The molecule has 0 fully saturated rings. The van der Waals surface area contributed by atoms with Gasteiger partial charge in [-0.25, -0.2) is 0 Å². The fraction of sp³-hybridized carbons (Fsp3) is 0.294. The summed E-state index contributed by atoms with van der Waals surface area (Å²) in [7, 11) is 0. The summed E-state index contributed by atoms with van der Waals surface area (Å²) in [6, 6.07) is 7.29. The maximum Gasteiger partial charge on any atom is 0.259 e. The minimum absolute atomic E-state index is 0.175. The number of thiophene rings is 1. The molecule has 1 aliphatic rings. The van der Waals surface area contributed by atoms with Crippen molar-refractivity contribution in [3.8, 4) is 0 Å². The van der Waals surface area contributed by atoms with E-state index in [0.717, 1.165) is 16.2 Å². The first-order valence-electron chi connectivity index (χ1n) is 7.46. The van der Waals surface area contributed by atoms with E-state index in [2.05, 4.69) is 5.32 Å². The number of carbonyl (C=O) groups is 2. The van der Waals surface area contributed by atoms with E-state index in [1.165, 1.54) is 0 Å². The number of anilines is 3. The molecule has 1 unspecified atom stereocenters. The van der Waals surface area contributed by atoms with Crippen LogP contribution in [0.2, 0.25) is 0 Å². The van der Waals surface area contributed by atoms with Crippen molar-refractivity contribution in [2.45, 2.75) is 32.6 Å². The highest BCUT2D eigenvalue weighted by Crippen LogP contribution is 2.45. The molecule has 0 aliphatic carbocycles. The summed E-state index contributed by atoms with van der Waals surface area (Å²) in [5, 5.41) is 2.23. The molecule has 2 aromatic rings. The number of rotatable bonds is 2. The van der Waals surface area contributed by atoms with Crippen LogP contribution in [0.1, 0.15) is 34.0 Å². The van der Waals surface area contributed by atoms with Gasteiger partial charge in [-0.2, -0.15) is 0 Å². The first-order valence-corrected chi connectivity index (χ1v) is 8.71. The fourth-order valence-corrected chi connectivity index (χ4v) is 4.02. The van der Waals surface area contributed by atoms with E-state index in [-0.39, 0.29) is 11.8 Å². The van der Waals surface area contributed by atoms with Gasteiger partial charge in [-0.15, -0.1) is 22.9 Å². The molecule has 6 heteroatoms. The Morgan fingerprint density at radius 1 is 1.39 bits per heavy atom. The Balaban J connectivity index is 2.34. The van der Waals surface area contributed by atoms with Crippen molar-refractivity contribution in [2.75, 3.05) is 10.2 Å². The molecule has 0 radical (unpaired) electrons. The summed E-state index contributed by atoms with van der Waals surface area (Å²) in [5.74, 6) is -0.411. The molecule has 1 aromatic carbocycles. The van der Waals surface area contributed by atoms with Crippen molar-refractivity contribution < 1.29 is 9.59 Å².